The summed E-state index contributed by atoms with van der Waals surface area (Å²) >= 11 is 1.58. The molecular weight excluding hydrogens is 378 g/mol. The summed E-state index contributed by atoms with van der Waals surface area (Å²) in [5.41, 5.74) is 0.995. The van der Waals surface area contributed by atoms with Crippen molar-refractivity contribution in [3.05, 3.63) is 39.3 Å². The normalized spacial score (nSPS) is 17.0. The van der Waals surface area contributed by atoms with E-state index in [1.807, 2.05) is 0 Å². The number of aryl methyl sites for hydroxylation is 2. The van der Waals surface area contributed by atoms with Gasteiger partial charge in [-0.05, 0) is 37.7 Å². The van der Waals surface area contributed by atoms with Crippen molar-refractivity contribution in [2.45, 2.75) is 52.1 Å². The molecule has 8 heteroatoms. The summed E-state index contributed by atoms with van der Waals surface area (Å²) in [6.45, 7) is 7.56. The largest absolute Gasteiger partial charge is 0.453 e. The summed E-state index contributed by atoms with van der Waals surface area (Å²) in [5, 5.41) is 3.27. The number of hydrogen-bond acceptors (Lipinski definition) is 6. The van der Waals surface area contributed by atoms with Gasteiger partial charge in [-0.25, -0.2) is 4.98 Å². The van der Waals surface area contributed by atoms with Crippen molar-refractivity contribution in [1.29, 1.82) is 0 Å². The first kappa shape index (κ1) is 20.3. The molecule has 0 saturated heterocycles. The molecule has 2 N–H and O–H groups in total. The maximum atomic E-state index is 12.6. The van der Waals surface area contributed by atoms with Crippen LogP contribution in [0, 0.1) is 5.92 Å². The molecule has 1 amide bonds. The Kier molecular flexibility index (Phi) is 6.28. The Labute approximate surface area is 167 Å². The molecule has 28 heavy (non-hydrogen) atoms. The third-order valence-electron chi connectivity index (χ3n) is 4.88. The van der Waals surface area contributed by atoms with Crippen LogP contribution in [0.2, 0.25) is 0 Å². The number of thiophene rings is 1. The number of amides is 1. The van der Waals surface area contributed by atoms with E-state index in [9.17, 15) is 14.4 Å². The van der Waals surface area contributed by atoms with Crippen LogP contribution in [-0.2, 0) is 33.6 Å². The topological polar surface area (TPSA) is 101 Å². The van der Waals surface area contributed by atoms with Crippen LogP contribution >= 0.6 is 11.3 Å². The molecule has 0 saturated carbocycles. The lowest BCUT2D eigenvalue weighted by Crippen LogP contribution is -2.35. The van der Waals surface area contributed by atoms with E-state index in [4.69, 9.17) is 4.74 Å². The molecule has 2 heterocycles. The Hall–Kier alpha value is -2.48. The highest BCUT2D eigenvalue weighted by molar-refractivity contribution is 7.18. The number of hydrogen-bond donors (Lipinski definition) is 2. The Morgan fingerprint density at radius 1 is 1.50 bits per heavy atom. The molecule has 7 nitrogen and oxygen atoms in total. The molecule has 2 atom stereocenters. The average Bonchev–Trinajstić information content (AvgIpc) is 3.01. The second-order valence-electron chi connectivity index (χ2n) is 7.21. The lowest BCUT2D eigenvalue weighted by Gasteiger charge is -2.17. The number of fused-ring (bicyclic) bond motifs is 3. The lowest BCUT2D eigenvalue weighted by atomic mass is 9.89. The van der Waals surface area contributed by atoms with Gasteiger partial charge in [-0.1, -0.05) is 13.0 Å². The zero-order valence-electron chi connectivity index (χ0n) is 16.2. The van der Waals surface area contributed by atoms with Crippen molar-refractivity contribution in [2.24, 2.45) is 5.92 Å². The van der Waals surface area contributed by atoms with Gasteiger partial charge in [0.2, 0.25) is 0 Å². The smallest absolute Gasteiger partial charge is 0.307 e. The van der Waals surface area contributed by atoms with Crippen molar-refractivity contribution in [2.75, 3.05) is 6.54 Å². The third kappa shape index (κ3) is 4.49. The van der Waals surface area contributed by atoms with Gasteiger partial charge in [0.05, 0.1) is 11.8 Å². The number of aromatic amines is 1. The molecule has 0 radical (unpaired) electrons. The molecule has 0 fully saturated rings. The molecule has 0 spiro atoms. The van der Waals surface area contributed by atoms with E-state index < -0.39 is 12.1 Å². The minimum absolute atomic E-state index is 0.0373. The zero-order valence-corrected chi connectivity index (χ0v) is 17.0. The van der Waals surface area contributed by atoms with E-state index in [1.54, 1.807) is 17.4 Å². The number of ether oxygens (including phenoxy) is 1. The van der Waals surface area contributed by atoms with Crippen molar-refractivity contribution < 1.29 is 14.3 Å². The van der Waals surface area contributed by atoms with E-state index in [1.165, 1.54) is 11.8 Å². The number of rotatable bonds is 7. The van der Waals surface area contributed by atoms with Gasteiger partial charge in [-0.3, -0.25) is 14.4 Å². The van der Waals surface area contributed by atoms with Crippen LogP contribution in [0.1, 0.15) is 43.0 Å². The van der Waals surface area contributed by atoms with Crippen LogP contribution in [0.3, 0.4) is 0 Å². The predicted molar refractivity (Wildman–Crippen MR) is 109 cm³/mol. The number of nitrogens with zero attached hydrogens (tertiary/aromatic N) is 1. The van der Waals surface area contributed by atoms with Crippen LogP contribution in [0.4, 0.5) is 0 Å². The fourth-order valence-electron chi connectivity index (χ4n) is 3.36. The minimum atomic E-state index is -0.882. The maximum absolute atomic E-state index is 12.6. The van der Waals surface area contributed by atoms with E-state index >= 15 is 0 Å². The average molecular weight is 404 g/mol. The van der Waals surface area contributed by atoms with Crippen LogP contribution in [0.15, 0.2) is 17.4 Å². The molecule has 2 aromatic heterocycles. The standard InChI is InChI=1S/C20H25N3O4S/c1-4-9-21-18(25)12(3)27-16(24)8-7-15-22-19(26)17-13-6-5-11(2)10-14(13)28-20(17)23-15/h4,11-12H,1,5-10H2,2-3H3,(H,21,25)(H,22,23,26)/t11-,12-/m0/s1. The van der Waals surface area contributed by atoms with Gasteiger partial charge in [0.25, 0.3) is 11.5 Å². The van der Waals surface area contributed by atoms with Crippen LogP contribution < -0.4 is 10.9 Å². The first-order valence-corrected chi connectivity index (χ1v) is 10.3. The van der Waals surface area contributed by atoms with Gasteiger partial charge in [0.15, 0.2) is 6.10 Å². The molecule has 1 aliphatic carbocycles. The van der Waals surface area contributed by atoms with Gasteiger partial charge in [-0.15, -0.1) is 17.9 Å². The number of carbonyl (C=O) groups excluding carboxylic acids is 2. The van der Waals surface area contributed by atoms with Crippen molar-refractivity contribution in [1.82, 2.24) is 15.3 Å². The van der Waals surface area contributed by atoms with Gasteiger partial charge in [0.1, 0.15) is 10.7 Å². The molecule has 0 aromatic carbocycles. The Morgan fingerprint density at radius 3 is 3.04 bits per heavy atom. The van der Waals surface area contributed by atoms with Crippen LogP contribution in [0.5, 0.6) is 0 Å². The number of carbonyl (C=O) groups is 2. The highest BCUT2D eigenvalue weighted by atomic mass is 32.1. The first-order valence-electron chi connectivity index (χ1n) is 9.50. The maximum Gasteiger partial charge on any atom is 0.307 e. The second kappa shape index (κ2) is 8.68. The highest BCUT2D eigenvalue weighted by Gasteiger charge is 2.23. The van der Waals surface area contributed by atoms with Gasteiger partial charge in [0, 0.05) is 17.8 Å². The first-order chi connectivity index (χ1) is 13.4. The predicted octanol–water partition coefficient (Wildman–Crippen LogP) is 2.28. The van der Waals surface area contributed by atoms with Crippen molar-refractivity contribution >= 4 is 33.4 Å². The second-order valence-corrected chi connectivity index (χ2v) is 8.29. The van der Waals surface area contributed by atoms with Gasteiger partial charge < -0.3 is 15.0 Å². The Balaban J connectivity index is 1.65. The molecular formula is C20H25N3O4S. The summed E-state index contributed by atoms with van der Waals surface area (Å²) in [4.78, 5) is 45.6. The summed E-state index contributed by atoms with van der Waals surface area (Å²) < 4.78 is 5.12. The van der Waals surface area contributed by atoms with Gasteiger partial charge >= 0.3 is 5.97 Å². The molecule has 0 bridgehead atoms. The fourth-order valence-corrected chi connectivity index (χ4v) is 4.76. The van der Waals surface area contributed by atoms with E-state index in [2.05, 4.69) is 28.8 Å². The molecule has 0 unspecified atom stereocenters. The molecule has 0 aliphatic heterocycles. The monoisotopic (exact) mass is 403 g/mol. The summed E-state index contributed by atoms with van der Waals surface area (Å²) in [6, 6.07) is 0. The SMILES string of the molecule is C=CCNC(=O)[C@H](C)OC(=O)CCc1nc2sc3c(c2c(=O)[nH]1)CC[C@H](C)C3. The highest BCUT2D eigenvalue weighted by Crippen LogP contribution is 2.35. The van der Waals surface area contributed by atoms with Crippen LogP contribution in [0.25, 0.3) is 10.2 Å². The number of aromatic nitrogens is 2. The van der Waals surface area contributed by atoms with Crippen molar-refractivity contribution in [3.8, 4) is 0 Å². The summed E-state index contributed by atoms with van der Waals surface area (Å²) in [6.07, 6.45) is 3.95. The van der Waals surface area contributed by atoms with E-state index in [0.29, 0.717) is 23.7 Å². The molecule has 3 rings (SSSR count). The van der Waals surface area contributed by atoms with Gasteiger partial charge in [-0.2, -0.15) is 0 Å². The third-order valence-corrected chi connectivity index (χ3v) is 6.03. The summed E-state index contributed by atoms with van der Waals surface area (Å²) in [5.74, 6) is 0.201. The summed E-state index contributed by atoms with van der Waals surface area (Å²) in [7, 11) is 0. The number of H-pyrrole nitrogens is 1. The lowest BCUT2D eigenvalue weighted by molar-refractivity contribution is -0.154. The zero-order chi connectivity index (χ0) is 20.3. The minimum Gasteiger partial charge on any atom is -0.453 e. The number of esters is 1. The quantitative estimate of drug-likeness (QED) is 0.546. The van der Waals surface area contributed by atoms with E-state index in [-0.39, 0.29) is 24.3 Å². The van der Waals surface area contributed by atoms with Crippen molar-refractivity contribution in [3.63, 3.8) is 0 Å². The Morgan fingerprint density at radius 2 is 2.29 bits per heavy atom. The number of nitrogens with one attached hydrogen (secondary N) is 2. The van der Waals surface area contributed by atoms with Crippen LogP contribution in [-0.4, -0.2) is 34.5 Å². The molecule has 1 aliphatic rings. The van der Waals surface area contributed by atoms with E-state index in [0.717, 1.165) is 29.7 Å². The molecule has 2 aromatic rings. The Bertz CT molecular complexity index is 962. The fraction of sp³-hybridized carbons (Fsp3) is 0.500. The molecule has 150 valence electrons.